The molecule has 0 unspecified atom stereocenters. The molecule has 1 fully saturated rings. The van der Waals surface area contributed by atoms with Gasteiger partial charge in [-0.1, -0.05) is 0 Å². The molecule has 0 aromatic heterocycles. The number of nitrogens with zero attached hydrogens (tertiary/aromatic N) is 1. The normalized spacial score (nSPS) is 20.5. The van der Waals surface area contributed by atoms with Gasteiger partial charge in [-0.3, -0.25) is 14.5 Å². The van der Waals surface area contributed by atoms with E-state index in [0.29, 0.717) is 32.2 Å². The summed E-state index contributed by atoms with van der Waals surface area (Å²) in [5.74, 6) is -2.27. The molecule has 0 radical (unpaired) electrons. The molecule has 0 bridgehead atoms. The first-order chi connectivity index (χ1) is 11.9. The highest BCUT2D eigenvalue weighted by Crippen LogP contribution is 2.17. The van der Waals surface area contributed by atoms with Crippen LogP contribution in [0.15, 0.2) is 18.2 Å². The fourth-order valence-corrected chi connectivity index (χ4v) is 2.91. The van der Waals surface area contributed by atoms with Gasteiger partial charge in [0.25, 0.3) is 5.91 Å². The van der Waals surface area contributed by atoms with E-state index in [4.69, 9.17) is 4.74 Å². The minimum Gasteiger partial charge on any atom is -0.385 e. The summed E-state index contributed by atoms with van der Waals surface area (Å²) >= 11 is 0. The highest BCUT2D eigenvalue weighted by Gasteiger charge is 2.35. The Balaban J connectivity index is 1.88. The van der Waals surface area contributed by atoms with Gasteiger partial charge in [-0.15, -0.1) is 0 Å². The molecule has 1 aliphatic heterocycles. The van der Waals surface area contributed by atoms with E-state index in [2.05, 4.69) is 10.6 Å². The first-order valence-corrected chi connectivity index (χ1v) is 8.14. The van der Waals surface area contributed by atoms with Crippen LogP contribution in [0.3, 0.4) is 0 Å². The maximum Gasteiger partial charge on any atom is 0.251 e. The van der Waals surface area contributed by atoms with Crippen LogP contribution in [0.5, 0.6) is 0 Å². The van der Waals surface area contributed by atoms with E-state index in [1.807, 2.05) is 4.90 Å². The Kier molecular flexibility index (Phi) is 6.83. The third-order valence-electron chi connectivity index (χ3n) is 4.14. The molecule has 1 aromatic rings. The largest absolute Gasteiger partial charge is 0.385 e. The molecule has 138 valence electrons. The van der Waals surface area contributed by atoms with Crippen LogP contribution in [0.25, 0.3) is 0 Å². The number of nitrogens with one attached hydrogen (secondary N) is 2. The summed E-state index contributed by atoms with van der Waals surface area (Å²) in [4.78, 5) is 26.2. The predicted molar refractivity (Wildman–Crippen MR) is 88.1 cm³/mol. The minimum absolute atomic E-state index is 0.0763. The van der Waals surface area contributed by atoms with Crippen LogP contribution < -0.4 is 10.6 Å². The summed E-state index contributed by atoms with van der Waals surface area (Å²) in [5, 5.41) is 5.57. The van der Waals surface area contributed by atoms with Crippen LogP contribution in [-0.4, -0.2) is 62.7 Å². The van der Waals surface area contributed by atoms with Crippen LogP contribution in [0, 0.1) is 11.6 Å². The van der Waals surface area contributed by atoms with E-state index >= 15 is 0 Å². The van der Waals surface area contributed by atoms with E-state index in [9.17, 15) is 18.4 Å². The average molecular weight is 355 g/mol. The Morgan fingerprint density at radius 1 is 1.28 bits per heavy atom. The van der Waals surface area contributed by atoms with Crippen molar-refractivity contribution < 1.29 is 23.1 Å². The van der Waals surface area contributed by atoms with Crippen molar-refractivity contribution in [1.29, 1.82) is 0 Å². The lowest BCUT2D eigenvalue weighted by molar-refractivity contribution is -0.125. The zero-order valence-corrected chi connectivity index (χ0v) is 14.4. The second kappa shape index (κ2) is 8.87. The zero-order valence-electron chi connectivity index (χ0n) is 14.4. The van der Waals surface area contributed by atoms with Gasteiger partial charge in [0.1, 0.15) is 11.6 Å². The molecule has 1 heterocycles. The molecule has 2 amide bonds. The van der Waals surface area contributed by atoms with Gasteiger partial charge in [0.15, 0.2) is 0 Å². The van der Waals surface area contributed by atoms with Crippen LogP contribution in [-0.2, 0) is 9.53 Å². The smallest absolute Gasteiger partial charge is 0.251 e. The topological polar surface area (TPSA) is 70.7 Å². The molecule has 25 heavy (non-hydrogen) atoms. The van der Waals surface area contributed by atoms with Crippen LogP contribution >= 0.6 is 0 Å². The maximum atomic E-state index is 13.2. The molecular formula is C17H23F2N3O3. The van der Waals surface area contributed by atoms with E-state index in [0.717, 1.165) is 18.6 Å². The number of likely N-dealkylation sites (tertiary alicyclic amines) is 1. The van der Waals surface area contributed by atoms with Gasteiger partial charge in [-0.05, 0) is 32.0 Å². The summed E-state index contributed by atoms with van der Waals surface area (Å²) in [7, 11) is 3.40. The van der Waals surface area contributed by atoms with Crippen molar-refractivity contribution in [3.8, 4) is 0 Å². The van der Waals surface area contributed by atoms with Crippen molar-refractivity contribution in [2.24, 2.45) is 0 Å². The molecule has 0 saturated carbocycles. The minimum atomic E-state index is -0.804. The third-order valence-corrected chi connectivity index (χ3v) is 4.14. The van der Waals surface area contributed by atoms with E-state index in [-0.39, 0.29) is 23.6 Å². The van der Waals surface area contributed by atoms with Crippen LogP contribution in [0.2, 0.25) is 0 Å². The SMILES string of the molecule is COCCCNC(=O)[C@@H]1C[C@H](NC(=O)c2cc(F)cc(F)c2)CN1C. The van der Waals surface area contributed by atoms with Gasteiger partial charge in [0, 0.05) is 44.5 Å². The quantitative estimate of drug-likeness (QED) is 0.714. The molecule has 0 aliphatic carbocycles. The first-order valence-electron chi connectivity index (χ1n) is 8.14. The van der Waals surface area contributed by atoms with Crippen molar-refractivity contribution in [2.45, 2.75) is 24.9 Å². The highest BCUT2D eigenvalue weighted by atomic mass is 19.1. The van der Waals surface area contributed by atoms with Crippen molar-refractivity contribution in [1.82, 2.24) is 15.5 Å². The van der Waals surface area contributed by atoms with Crippen LogP contribution in [0.1, 0.15) is 23.2 Å². The number of benzene rings is 1. The molecule has 1 aliphatic rings. The molecule has 0 spiro atoms. The number of ether oxygens (including phenoxy) is 1. The molecule has 8 heteroatoms. The van der Waals surface area contributed by atoms with Gasteiger partial charge in [0.2, 0.25) is 5.91 Å². The maximum absolute atomic E-state index is 13.2. The first kappa shape index (κ1) is 19.3. The number of hydrogen-bond donors (Lipinski definition) is 2. The lowest BCUT2D eigenvalue weighted by Gasteiger charge is -2.18. The van der Waals surface area contributed by atoms with Gasteiger partial charge < -0.3 is 15.4 Å². The fraction of sp³-hybridized carbons (Fsp3) is 0.529. The zero-order chi connectivity index (χ0) is 18.4. The van der Waals surface area contributed by atoms with Crippen molar-refractivity contribution in [2.75, 3.05) is 33.9 Å². The number of carbonyl (C=O) groups is 2. The van der Waals surface area contributed by atoms with Crippen molar-refractivity contribution in [3.05, 3.63) is 35.4 Å². The number of amides is 2. The fourth-order valence-electron chi connectivity index (χ4n) is 2.91. The molecule has 2 atom stereocenters. The number of rotatable bonds is 7. The lowest BCUT2D eigenvalue weighted by atomic mass is 10.1. The number of halogens is 2. The van der Waals surface area contributed by atoms with Crippen LogP contribution in [0.4, 0.5) is 8.78 Å². The number of hydrogen-bond acceptors (Lipinski definition) is 4. The monoisotopic (exact) mass is 355 g/mol. The van der Waals surface area contributed by atoms with Gasteiger partial charge in [-0.2, -0.15) is 0 Å². The van der Waals surface area contributed by atoms with Gasteiger partial charge in [-0.25, -0.2) is 8.78 Å². The number of methoxy groups -OCH3 is 1. The molecule has 2 rings (SSSR count). The second-order valence-corrected chi connectivity index (χ2v) is 6.16. The molecule has 6 nitrogen and oxygen atoms in total. The standard InChI is InChI=1S/C17H23F2N3O3/c1-22-10-14(9-15(22)17(24)20-4-3-5-25-2)21-16(23)11-6-12(18)8-13(19)7-11/h6-8,14-15H,3-5,9-10H2,1-2H3,(H,20,24)(H,21,23)/t14-,15-/m0/s1. The second-order valence-electron chi connectivity index (χ2n) is 6.16. The van der Waals surface area contributed by atoms with E-state index < -0.39 is 17.5 Å². The molecular weight excluding hydrogens is 332 g/mol. The molecule has 2 N–H and O–H groups in total. The highest BCUT2D eigenvalue weighted by molar-refractivity contribution is 5.94. The Labute approximate surface area is 145 Å². The molecule has 1 saturated heterocycles. The lowest BCUT2D eigenvalue weighted by Crippen LogP contribution is -2.41. The van der Waals surface area contributed by atoms with Gasteiger partial charge in [0.05, 0.1) is 6.04 Å². The van der Waals surface area contributed by atoms with Crippen molar-refractivity contribution in [3.63, 3.8) is 0 Å². The average Bonchev–Trinajstić information content (AvgIpc) is 2.91. The van der Waals surface area contributed by atoms with E-state index in [1.54, 1.807) is 14.2 Å². The Morgan fingerprint density at radius 3 is 2.60 bits per heavy atom. The third kappa shape index (κ3) is 5.47. The van der Waals surface area contributed by atoms with Gasteiger partial charge >= 0.3 is 0 Å². The summed E-state index contributed by atoms with van der Waals surface area (Å²) in [6.45, 7) is 1.58. The van der Waals surface area contributed by atoms with E-state index in [1.165, 1.54) is 0 Å². The summed E-state index contributed by atoms with van der Waals surface area (Å²) < 4.78 is 31.4. The Hall–Kier alpha value is -2.06. The summed E-state index contributed by atoms with van der Waals surface area (Å²) in [6, 6.07) is 2.06. The Morgan fingerprint density at radius 2 is 1.96 bits per heavy atom. The van der Waals surface area contributed by atoms with Crippen molar-refractivity contribution >= 4 is 11.8 Å². The summed E-state index contributed by atoms with van der Waals surface area (Å²) in [5.41, 5.74) is -0.0763. The number of likely N-dealkylation sites (N-methyl/N-ethyl adjacent to an activating group) is 1. The molecule has 1 aromatic carbocycles. The summed E-state index contributed by atoms with van der Waals surface area (Å²) in [6.07, 6.45) is 1.17. The number of carbonyl (C=O) groups excluding carboxylic acids is 2. The predicted octanol–water partition coefficient (Wildman–Crippen LogP) is 0.920. The Bertz CT molecular complexity index is 607.